The van der Waals surface area contributed by atoms with Gasteiger partial charge in [-0.25, -0.2) is 0 Å². The third kappa shape index (κ3) is 4.87. The normalized spacial score (nSPS) is 11.9. The van der Waals surface area contributed by atoms with Crippen molar-refractivity contribution < 1.29 is 4.42 Å². The first kappa shape index (κ1) is 31.5. The zero-order valence-electron chi connectivity index (χ0n) is 30.5. The van der Waals surface area contributed by atoms with Crippen LogP contribution in [0.5, 0.6) is 0 Å². The van der Waals surface area contributed by atoms with Crippen LogP contribution >= 0.6 is 0 Å². The fourth-order valence-corrected chi connectivity index (χ4v) is 8.68. The average molecular weight is 730 g/mol. The molecule has 0 aliphatic carbocycles. The van der Waals surface area contributed by atoms with Crippen molar-refractivity contribution in [3.63, 3.8) is 0 Å². The summed E-state index contributed by atoms with van der Waals surface area (Å²) >= 11 is 0. The van der Waals surface area contributed by atoms with Crippen molar-refractivity contribution >= 4 is 65.6 Å². The Kier molecular flexibility index (Phi) is 6.83. The minimum atomic E-state index is 0.557. The van der Waals surface area contributed by atoms with E-state index >= 15 is 0 Å². The Morgan fingerprint density at radius 2 is 0.754 bits per heavy atom. The van der Waals surface area contributed by atoms with Gasteiger partial charge in [0, 0.05) is 37.9 Å². The number of nitrogens with zero attached hydrogens (tertiary/aromatic N) is 5. The number of para-hydroxylation sites is 5. The third-order valence-corrected chi connectivity index (χ3v) is 11.2. The van der Waals surface area contributed by atoms with E-state index in [2.05, 4.69) is 179 Å². The summed E-state index contributed by atoms with van der Waals surface area (Å²) < 4.78 is 10.6. The molecule has 4 heterocycles. The molecule has 0 atom stereocenters. The zero-order chi connectivity index (χ0) is 37.5. The van der Waals surface area contributed by atoms with Crippen molar-refractivity contribution in [3.05, 3.63) is 188 Å². The molecule has 0 spiro atoms. The molecule has 12 rings (SSSR count). The average Bonchev–Trinajstić information content (AvgIpc) is 3.94. The summed E-state index contributed by atoms with van der Waals surface area (Å²) in [6.45, 7) is 0. The predicted octanol–water partition coefficient (Wildman–Crippen LogP) is 13.0. The maximum Gasteiger partial charge on any atom is 0.240 e. The van der Waals surface area contributed by atoms with Gasteiger partial charge in [-0.2, -0.15) is 15.0 Å². The lowest BCUT2D eigenvalue weighted by molar-refractivity contribution is 0.669. The molecule has 0 saturated carbocycles. The van der Waals surface area contributed by atoms with E-state index in [-0.39, 0.29) is 0 Å². The number of hydrogen-bond acceptors (Lipinski definition) is 4. The summed E-state index contributed by atoms with van der Waals surface area (Å²) in [6, 6.07) is 65.6. The molecule has 0 unspecified atom stereocenters. The number of hydrogen-bond donors (Lipinski definition) is 0. The molecule has 0 saturated heterocycles. The summed E-state index contributed by atoms with van der Waals surface area (Å²) in [7, 11) is 0. The minimum Gasteiger partial charge on any atom is -0.456 e. The molecule has 0 radical (unpaired) electrons. The van der Waals surface area contributed by atoms with Crippen LogP contribution in [-0.4, -0.2) is 24.1 Å². The summed E-state index contributed by atoms with van der Waals surface area (Å²) in [5.74, 6) is 1.70. The summed E-state index contributed by atoms with van der Waals surface area (Å²) in [4.78, 5) is 15.9. The standard InChI is InChI=1S/C51H31N5O/c1-6-24-42-37(18-1)38-19-2-7-25-43(38)55(42)50-52-49(53-51(54-50)56-44-26-8-3-20-39(44)40-21-4-9-27-45(40)56)35-17-12-15-33(31-35)32-14-11-16-34(30-32)36-23-13-29-47-48(36)41-22-5-10-28-46(41)57-47/h1-31H. The van der Waals surface area contributed by atoms with Gasteiger partial charge >= 0.3 is 0 Å². The number of furan rings is 1. The number of rotatable bonds is 5. The summed E-state index contributed by atoms with van der Waals surface area (Å²) in [6.07, 6.45) is 0. The molecule has 0 N–H and O–H groups in total. The van der Waals surface area contributed by atoms with Crippen molar-refractivity contribution in [1.82, 2.24) is 24.1 Å². The highest BCUT2D eigenvalue weighted by atomic mass is 16.3. The van der Waals surface area contributed by atoms with Crippen molar-refractivity contribution in [2.75, 3.05) is 0 Å². The largest absolute Gasteiger partial charge is 0.456 e. The highest BCUT2D eigenvalue weighted by Gasteiger charge is 2.21. The van der Waals surface area contributed by atoms with Gasteiger partial charge in [0.2, 0.25) is 11.9 Å². The van der Waals surface area contributed by atoms with Crippen LogP contribution in [0.25, 0.3) is 111 Å². The second-order valence-electron chi connectivity index (χ2n) is 14.4. The van der Waals surface area contributed by atoms with Crippen LogP contribution in [0.4, 0.5) is 0 Å². The van der Waals surface area contributed by atoms with Gasteiger partial charge in [0.15, 0.2) is 5.82 Å². The molecule has 0 amide bonds. The SMILES string of the molecule is c1cc(-c2cccc(-c3cccc4oc5ccccc5c34)c2)cc(-c2nc(-n3c4ccccc4c4ccccc43)nc(-n3c4ccccc4c4ccccc43)n2)c1. The topological polar surface area (TPSA) is 61.7 Å². The minimum absolute atomic E-state index is 0.557. The van der Waals surface area contributed by atoms with Crippen molar-refractivity contribution in [1.29, 1.82) is 0 Å². The van der Waals surface area contributed by atoms with E-state index in [0.29, 0.717) is 17.7 Å². The third-order valence-electron chi connectivity index (χ3n) is 11.2. The lowest BCUT2D eigenvalue weighted by Gasteiger charge is -2.13. The Hall–Kier alpha value is -7.83. The lowest BCUT2D eigenvalue weighted by atomic mass is 9.95. The van der Waals surface area contributed by atoms with Crippen LogP contribution in [0, 0.1) is 0 Å². The lowest BCUT2D eigenvalue weighted by Crippen LogP contribution is -2.10. The van der Waals surface area contributed by atoms with Crippen LogP contribution in [0.3, 0.4) is 0 Å². The second kappa shape index (κ2) is 12.3. The van der Waals surface area contributed by atoms with E-state index in [1.807, 2.05) is 18.2 Å². The van der Waals surface area contributed by atoms with Crippen LogP contribution in [-0.2, 0) is 0 Å². The highest BCUT2D eigenvalue weighted by molar-refractivity contribution is 6.13. The van der Waals surface area contributed by atoms with Crippen LogP contribution in [0.15, 0.2) is 192 Å². The second-order valence-corrected chi connectivity index (χ2v) is 14.4. The van der Waals surface area contributed by atoms with Crippen LogP contribution in [0.2, 0.25) is 0 Å². The molecule has 12 aromatic rings. The molecule has 0 aliphatic heterocycles. The first-order valence-electron chi connectivity index (χ1n) is 19.1. The number of fused-ring (bicyclic) bond motifs is 9. The smallest absolute Gasteiger partial charge is 0.240 e. The van der Waals surface area contributed by atoms with Gasteiger partial charge in [-0.3, -0.25) is 9.13 Å². The Morgan fingerprint density at radius 1 is 0.333 bits per heavy atom. The molecule has 4 aromatic heterocycles. The fraction of sp³-hybridized carbons (Fsp3) is 0. The van der Waals surface area contributed by atoms with Gasteiger partial charge in [-0.1, -0.05) is 140 Å². The maximum absolute atomic E-state index is 6.24. The molecule has 6 heteroatoms. The van der Waals surface area contributed by atoms with Gasteiger partial charge < -0.3 is 4.42 Å². The monoisotopic (exact) mass is 729 g/mol. The van der Waals surface area contributed by atoms with E-state index in [0.717, 1.165) is 93.4 Å². The van der Waals surface area contributed by atoms with Crippen LogP contribution in [0.1, 0.15) is 0 Å². The number of benzene rings is 8. The van der Waals surface area contributed by atoms with Crippen molar-refractivity contribution in [3.8, 4) is 45.5 Å². The fourth-order valence-electron chi connectivity index (χ4n) is 8.68. The zero-order valence-corrected chi connectivity index (χ0v) is 30.5. The van der Waals surface area contributed by atoms with Gasteiger partial charge in [-0.15, -0.1) is 0 Å². The molecule has 266 valence electrons. The number of aromatic nitrogens is 5. The summed E-state index contributed by atoms with van der Waals surface area (Å²) in [5, 5.41) is 6.83. The Bertz CT molecular complexity index is 3310. The first-order chi connectivity index (χ1) is 28.3. The summed E-state index contributed by atoms with van der Waals surface area (Å²) in [5.41, 5.74) is 11.2. The van der Waals surface area contributed by atoms with E-state index in [9.17, 15) is 0 Å². The van der Waals surface area contributed by atoms with E-state index in [4.69, 9.17) is 19.4 Å². The van der Waals surface area contributed by atoms with E-state index < -0.39 is 0 Å². The molecule has 0 fully saturated rings. The molecule has 57 heavy (non-hydrogen) atoms. The molecule has 0 aliphatic rings. The van der Waals surface area contributed by atoms with E-state index in [1.165, 1.54) is 0 Å². The molecular weight excluding hydrogens is 699 g/mol. The maximum atomic E-state index is 6.24. The van der Waals surface area contributed by atoms with Crippen LogP contribution < -0.4 is 0 Å². The van der Waals surface area contributed by atoms with Gasteiger partial charge in [0.25, 0.3) is 0 Å². The Labute approximate surface area is 326 Å². The van der Waals surface area contributed by atoms with Gasteiger partial charge in [0.05, 0.1) is 22.1 Å². The highest BCUT2D eigenvalue weighted by Crippen LogP contribution is 2.39. The predicted molar refractivity (Wildman–Crippen MR) is 232 cm³/mol. The Morgan fingerprint density at radius 3 is 1.32 bits per heavy atom. The molecular formula is C51H31N5O. The first-order valence-corrected chi connectivity index (χ1v) is 19.1. The van der Waals surface area contributed by atoms with Gasteiger partial charge in [-0.05, 0) is 70.8 Å². The van der Waals surface area contributed by atoms with Crippen molar-refractivity contribution in [2.24, 2.45) is 0 Å². The molecule has 8 aromatic carbocycles. The Balaban J connectivity index is 1.07. The van der Waals surface area contributed by atoms with Crippen molar-refractivity contribution in [2.45, 2.75) is 0 Å². The molecule has 6 nitrogen and oxygen atoms in total. The van der Waals surface area contributed by atoms with E-state index in [1.54, 1.807) is 0 Å². The van der Waals surface area contributed by atoms with Gasteiger partial charge in [0.1, 0.15) is 11.2 Å². The quantitative estimate of drug-likeness (QED) is 0.177. The molecule has 0 bridgehead atoms.